The number of rotatable bonds is 2. The third-order valence-electron chi connectivity index (χ3n) is 5.87. The molecular formula is C23H21N3O3S. The van der Waals surface area contributed by atoms with Crippen LogP contribution in [0.25, 0.3) is 10.8 Å². The van der Waals surface area contributed by atoms with E-state index in [9.17, 15) is 13.2 Å². The lowest BCUT2D eigenvalue weighted by atomic mass is 10.1. The van der Waals surface area contributed by atoms with Crippen LogP contribution in [0.2, 0.25) is 0 Å². The predicted octanol–water partition coefficient (Wildman–Crippen LogP) is 3.42. The van der Waals surface area contributed by atoms with Gasteiger partial charge in [0, 0.05) is 24.8 Å². The smallest absolute Gasteiger partial charge is 0.285 e. The highest BCUT2D eigenvalue weighted by Gasteiger charge is 2.40. The molecule has 1 amide bonds. The van der Waals surface area contributed by atoms with Gasteiger partial charge in [0.05, 0.1) is 0 Å². The summed E-state index contributed by atoms with van der Waals surface area (Å²) >= 11 is 0. The zero-order chi connectivity index (χ0) is 20.9. The molecule has 0 N–H and O–H groups in total. The largest absolute Gasteiger partial charge is 0.343 e. The summed E-state index contributed by atoms with van der Waals surface area (Å²) < 4.78 is 29.0. The fraction of sp³-hybridized carbons (Fsp3) is 0.217. The van der Waals surface area contributed by atoms with Crippen LogP contribution in [0.15, 0.2) is 76.0 Å². The number of carbonyl (C=O) groups is 1. The number of carbonyl (C=O) groups excluding carboxylic acids is 1. The molecular weight excluding hydrogens is 398 g/mol. The number of nitrogens with zero attached hydrogens (tertiary/aromatic N) is 3. The summed E-state index contributed by atoms with van der Waals surface area (Å²) in [4.78, 5) is 17.1. The highest BCUT2D eigenvalue weighted by atomic mass is 32.2. The molecule has 1 saturated heterocycles. The Morgan fingerprint density at radius 1 is 1.03 bits per heavy atom. The minimum Gasteiger partial charge on any atom is -0.343 e. The van der Waals surface area contributed by atoms with E-state index >= 15 is 0 Å². The van der Waals surface area contributed by atoms with Gasteiger partial charge in [0.1, 0.15) is 10.9 Å². The second-order valence-corrected chi connectivity index (χ2v) is 9.24. The predicted molar refractivity (Wildman–Crippen MR) is 117 cm³/mol. The van der Waals surface area contributed by atoms with Gasteiger partial charge in [-0.2, -0.15) is 8.42 Å². The van der Waals surface area contributed by atoms with Crippen LogP contribution in [0.1, 0.15) is 18.4 Å². The van der Waals surface area contributed by atoms with E-state index in [0.29, 0.717) is 24.4 Å². The summed E-state index contributed by atoms with van der Waals surface area (Å²) in [6.07, 6.45) is 1.47. The zero-order valence-electron chi connectivity index (χ0n) is 16.5. The second-order valence-electron chi connectivity index (χ2n) is 7.67. The number of amidine groups is 1. The molecule has 3 aromatic carbocycles. The molecule has 0 saturated carbocycles. The van der Waals surface area contributed by atoms with Crippen LogP contribution in [-0.4, -0.2) is 44.7 Å². The van der Waals surface area contributed by atoms with E-state index in [1.807, 2.05) is 47.4 Å². The van der Waals surface area contributed by atoms with Gasteiger partial charge in [-0.25, -0.2) is 0 Å². The van der Waals surface area contributed by atoms with Crippen LogP contribution < -0.4 is 4.90 Å². The van der Waals surface area contributed by atoms with Crippen molar-refractivity contribution in [2.45, 2.75) is 23.8 Å². The molecule has 2 aliphatic rings. The summed E-state index contributed by atoms with van der Waals surface area (Å²) in [5.74, 6) is 0.320. The Morgan fingerprint density at radius 3 is 2.60 bits per heavy atom. The fourth-order valence-electron chi connectivity index (χ4n) is 4.31. The van der Waals surface area contributed by atoms with E-state index in [1.54, 1.807) is 36.2 Å². The highest BCUT2D eigenvalue weighted by Crippen LogP contribution is 2.32. The number of hydrogen-bond donors (Lipinski definition) is 0. The summed E-state index contributed by atoms with van der Waals surface area (Å²) in [7, 11) is -1.95. The standard InChI is InChI=1S/C23H21N3O3S/c1-25(18-13-12-16-7-2-3-8-17(16)15-18)23(27)20-10-6-14-26(20)22-19-9-4-5-11-21(19)30(28,29)24-22/h2-5,7-9,11-13,15,20H,6,10,14H2,1H3/t20-/m0/s1. The molecule has 6 nitrogen and oxygen atoms in total. The van der Waals surface area contributed by atoms with Crippen molar-refractivity contribution in [3.05, 3.63) is 72.3 Å². The van der Waals surface area contributed by atoms with Crippen molar-refractivity contribution in [3.8, 4) is 0 Å². The van der Waals surface area contributed by atoms with E-state index in [4.69, 9.17) is 0 Å². The van der Waals surface area contributed by atoms with Crippen LogP contribution in [0.5, 0.6) is 0 Å². The van der Waals surface area contributed by atoms with Gasteiger partial charge in [-0.3, -0.25) is 4.79 Å². The quantitative estimate of drug-likeness (QED) is 0.638. The van der Waals surface area contributed by atoms with Crippen molar-refractivity contribution in [2.75, 3.05) is 18.5 Å². The van der Waals surface area contributed by atoms with Crippen LogP contribution in [0, 0.1) is 0 Å². The molecule has 1 fully saturated rings. The van der Waals surface area contributed by atoms with Gasteiger partial charge in [-0.15, -0.1) is 4.40 Å². The maximum Gasteiger partial charge on any atom is 0.285 e. The molecule has 0 aromatic heterocycles. The number of benzene rings is 3. The molecule has 30 heavy (non-hydrogen) atoms. The fourth-order valence-corrected chi connectivity index (χ4v) is 5.53. The van der Waals surface area contributed by atoms with Gasteiger partial charge in [0.2, 0.25) is 5.91 Å². The lowest BCUT2D eigenvalue weighted by Gasteiger charge is -2.29. The highest BCUT2D eigenvalue weighted by molar-refractivity contribution is 7.90. The third-order valence-corrected chi connectivity index (χ3v) is 7.20. The van der Waals surface area contributed by atoms with Gasteiger partial charge in [-0.1, -0.05) is 42.5 Å². The summed E-state index contributed by atoms with van der Waals surface area (Å²) in [5, 5.41) is 2.19. The maximum absolute atomic E-state index is 13.4. The number of sulfonamides is 1. The van der Waals surface area contributed by atoms with Gasteiger partial charge in [-0.05, 0) is 47.9 Å². The molecule has 0 radical (unpaired) electrons. The number of likely N-dealkylation sites (N-methyl/N-ethyl adjacent to an activating group) is 1. The molecule has 0 bridgehead atoms. The van der Waals surface area contributed by atoms with Gasteiger partial charge in [0.15, 0.2) is 5.84 Å². The number of anilines is 1. The van der Waals surface area contributed by atoms with Crippen molar-refractivity contribution >= 4 is 38.2 Å². The first kappa shape index (κ1) is 18.8. The van der Waals surface area contributed by atoms with Crippen molar-refractivity contribution in [3.63, 3.8) is 0 Å². The first-order valence-corrected chi connectivity index (χ1v) is 11.4. The van der Waals surface area contributed by atoms with Crippen LogP contribution >= 0.6 is 0 Å². The zero-order valence-corrected chi connectivity index (χ0v) is 17.3. The van der Waals surface area contributed by atoms with Gasteiger partial charge < -0.3 is 9.80 Å². The molecule has 0 unspecified atom stereocenters. The molecule has 152 valence electrons. The molecule has 0 spiro atoms. The normalized spacial score (nSPS) is 19.6. The number of hydrogen-bond acceptors (Lipinski definition) is 4. The minimum atomic E-state index is -3.72. The molecule has 1 atom stereocenters. The maximum atomic E-state index is 13.4. The first-order valence-electron chi connectivity index (χ1n) is 9.93. The number of fused-ring (bicyclic) bond motifs is 2. The summed E-state index contributed by atoms with van der Waals surface area (Å²) in [6, 6.07) is 20.3. The third kappa shape index (κ3) is 2.97. The van der Waals surface area contributed by atoms with Crippen molar-refractivity contribution in [2.24, 2.45) is 4.40 Å². The van der Waals surface area contributed by atoms with E-state index in [1.165, 1.54) is 0 Å². The average molecular weight is 420 g/mol. The Bertz CT molecular complexity index is 1300. The van der Waals surface area contributed by atoms with E-state index in [0.717, 1.165) is 22.9 Å². The summed E-state index contributed by atoms with van der Waals surface area (Å²) in [5.41, 5.74) is 1.39. The minimum absolute atomic E-state index is 0.0627. The molecule has 0 aliphatic carbocycles. The lowest BCUT2D eigenvalue weighted by Crippen LogP contribution is -2.46. The van der Waals surface area contributed by atoms with E-state index < -0.39 is 16.1 Å². The Morgan fingerprint density at radius 2 is 1.77 bits per heavy atom. The number of likely N-dealkylation sites (tertiary alicyclic amines) is 1. The van der Waals surface area contributed by atoms with Gasteiger partial charge >= 0.3 is 0 Å². The van der Waals surface area contributed by atoms with E-state index in [-0.39, 0.29) is 10.8 Å². The van der Waals surface area contributed by atoms with Crippen molar-refractivity contribution in [1.82, 2.24) is 4.90 Å². The molecule has 7 heteroatoms. The first-order chi connectivity index (χ1) is 14.5. The molecule has 5 rings (SSSR count). The lowest BCUT2D eigenvalue weighted by molar-refractivity contribution is -0.121. The Balaban J connectivity index is 1.47. The van der Waals surface area contributed by atoms with Crippen molar-refractivity contribution in [1.29, 1.82) is 0 Å². The van der Waals surface area contributed by atoms with E-state index in [2.05, 4.69) is 4.40 Å². The van der Waals surface area contributed by atoms with Crippen LogP contribution in [0.3, 0.4) is 0 Å². The second kappa shape index (κ2) is 6.95. The Kier molecular flexibility index (Phi) is 4.36. The molecule has 3 aromatic rings. The number of amides is 1. The molecule has 2 aliphatic heterocycles. The van der Waals surface area contributed by atoms with Crippen LogP contribution in [0.4, 0.5) is 5.69 Å². The SMILES string of the molecule is CN(C(=O)[C@@H]1CCCN1C1=NS(=O)(=O)c2ccccc21)c1ccc2ccccc2c1. The average Bonchev–Trinajstić information content (AvgIpc) is 3.35. The topological polar surface area (TPSA) is 70.1 Å². The van der Waals surface area contributed by atoms with Crippen molar-refractivity contribution < 1.29 is 13.2 Å². The van der Waals surface area contributed by atoms with Crippen LogP contribution in [-0.2, 0) is 14.8 Å². The Hall–Kier alpha value is -3.19. The monoisotopic (exact) mass is 419 g/mol. The Labute approximate surface area is 175 Å². The molecule has 2 heterocycles. The summed E-state index contributed by atoms with van der Waals surface area (Å²) in [6.45, 7) is 0.602. The van der Waals surface area contributed by atoms with Gasteiger partial charge in [0.25, 0.3) is 10.0 Å².